The Labute approximate surface area is 182 Å². The molecule has 0 aliphatic heterocycles. The van der Waals surface area contributed by atoms with E-state index in [2.05, 4.69) is 45.1 Å². The molecule has 0 unspecified atom stereocenters. The Balaban J connectivity index is 1.64. The summed E-state index contributed by atoms with van der Waals surface area (Å²) in [7, 11) is 0. The van der Waals surface area contributed by atoms with Crippen LogP contribution in [-0.4, -0.2) is 15.9 Å². The first kappa shape index (κ1) is 20.0. The van der Waals surface area contributed by atoms with Gasteiger partial charge in [0, 0.05) is 10.0 Å². The third-order valence-corrected chi connectivity index (χ3v) is 5.17. The van der Waals surface area contributed by atoms with Crippen LogP contribution < -0.4 is 10.3 Å². The number of nitrogens with zero attached hydrogens (tertiary/aromatic N) is 3. The van der Waals surface area contributed by atoms with Crippen molar-refractivity contribution in [3.63, 3.8) is 0 Å². The van der Waals surface area contributed by atoms with Crippen LogP contribution in [0.1, 0.15) is 22.5 Å². The molecule has 0 radical (unpaired) electrons. The fraction of sp³-hybridized carbons (Fsp3) is 0.125. The van der Waals surface area contributed by atoms with Gasteiger partial charge in [0.2, 0.25) is 0 Å². The second kappa shape index (κ2) is 8.63. The van der Waals surface area contributed by atoms with Gasteiger partial charge in [0.1, 0.15) is 18.2 Å². The predicted octanol–water partition coefficient (Wildman–Crippen LogP) is 5.24. The number of hydrogen-bond donors (Lipinski definition) is 0. The van der Waals surface area contributed by atoms with Gasteiger partial charge < -0.3 is 4.74 Å². The van der Waals surface area contributed by atoms with E-state index in [0.717, 1.165) is 15.6 Å². The van der Waals surface area contributed by atoms with Crippen molar-refractivity contribution in [2.45, 2.75) is 20.5 Å². The Morgan fingerprint density at radius 1 is 1.07 bits per heavy atom. The van der Waals surface area contributed by atoms with Crippen LogP contribution >= 0.6 is 15.9 Å². The van der Waals surface area contributed by atoms with E-state index in [4.69, 9.17) is 4.74 Å². The van der Waals surface area contributed by atoms with Crippen molar-refractivity contribution in [2.24, 2.45) is 5.10 Å². The molecule has 0 aliphatic carbocycles. The molecule has 3 aromatic carbocycles. The van der Waals surface area contributed by atoms with Crippen LogP contribution in [0.15, 0.2) is 81.1 Å². The predicted molar refractivity (Wildman–Crippen MR) is 123 cm³/mol. The molecule has 5 nitrogen and oxygen atoms in total. The van der Waals surface area contributed by atoms with Crippen molar-refractivity contribution < 1.29 is 4.74 Å². The minimum atomic E-state index is -0.215. The molecule has 0 saturated carbocycles. The lowest BCUT2D eigenvalue weighted by atomic mass is 10.1. The monoisotopic (exact) mass is 461 g/mol. The maximum atomic E-state index is 12.9. The molecule has 4 aromatic rings. The Bertz CT molecular complexity index is 1310. The molecule has 0 aliphatic rings. The second-order valence-corrected chi connectivity index (χ2v) is 7.91. The first-order valence-corrected chi connectivity index (χ1v) is 10.3. The molecule has 1 aromatic heterocycles. The zero-order valence-corrected chi connectivity index (χ0v) is 18.3. The van der Waals surface area contributed by atoms with E-state index >= 15 is 0 Å². The van der Waals surface area contributed by atoms with E-state index in [-0.39, 0.29) is 5.56 Å². The molecule has 4 rings (SSSR count). The van der Waals surface area contributed by atoms with Gasteiger partial charge in [-0.2, -0.15) is 9.78 Å². The van der Waals surface area contributed by atoms with Crippen LogP contribution in [0.2, 0.25) is 0 Å². The van der Waals surface area contributed by atoms with Crippen LogP contribution in [0, 0.1) is 13.8 Å². The molecular weight excluding hydrogens is 442 g/mol. The highest BCUT2D eigenvalue weighted by molar-refractivity contribution is 9.10. The van der Waals surface area contributed by atoms with Gasteiger partial charge in [0.05, 0.1) is 17.1 Å². The highest BCUT2D eigenvalue weighted by Gasteiger charge is 2.08. The Hall–Kier alpha value is -3.25. The summed E-state index contributed by atoms with van der Waals surface area (Å²) in [6, 6.07) is 21.3. The van der Waals surface area contributed by atoms with Crippen LogP contribution in [-0.2, 0) is 6.61 Å². The maximum Gasteiger partial charge on any atom is 0.282 e. The summed E-state index contributed by atoms with van der Waals surface area (Å²) in [4.78, 5) is 17.4. The standard InChI is InChI=1S/C24H20BrN3O2/c1-16-6-5-7-18(12-16)15-30-23-9-4-3-8-19(23)14-26-28-17(2)27-22-11-10-20(25)13-21(22)24(28)29/h3-14H,15H2,1-2H3. The lowest BCUT2D eigenvalue weighted by Crippen LogP contribution is -2.20. The van der Waals surface area contributed by atoms with Crippen molar-refractivity contribution in [2.75, 3.05) is 0 Å². The third-order valence-electron chi connectivity index (χ3n) is 4.68. The van der Waals surface area contributed by atoms with Gasteiger partial charge >= 0.3 is 0 Å². The van der Waals surface area contributed by atoms with Gasteiger partial charge in [0.25, 0.3) is 5.56 Å². The van der Waals surface area contributed by atoms with Crippen molar-refractivity contribution >= 4 is 33.0 Å². The van der Waals surface area contributed by atoms with E-state index in [1.807, 2.05) is 48.5 Å². The van der Waals surface area contributed by atoms with E-state index in [0.29, 0.717) is 29.1 Å². The first-order chi connectivity index (χ1) is 14.5. The normalized spacial score (nSPS) is 11.3. The van der Waals surface area contributed by atoms with Crippen molar-refractivity contribution in [3.05, 3.63) is 104 Å². The quantitative estimate of drug-likeness (QED) is 0.382. The Morgan fingerprint density at radius 2 is 1.90 bits per heavy atom. The van der Waals surface area contributed by atoms with E-state index in [1.54, 1.807) is 19.2 Å². The van der Waals surface area contributed by atoms with Crippen molar-refractivity contribution in [1.82, 2.24) is 9.66 Å². The number of aryl methyl sites for hydroxylation is 2. The number of para-hydroxylation sites is 1. The smallest absolute Gasteiger partial charge is 0.282 e. The van der Waals surface area contributed by atoms with Crippen molar-refractivity contribution in [3.8, 4) is 5.75 Å². The van der Waals surface area contributed by atoms with Crippen LogP contribution in [0.25, 0.3) is 10.9 Å². The van der Waals surface area contributed by atoms with E-state index in [1.165, 1.54) is 10.2 Å². The van der Waals surface area contributed by atoms with Crippen LogP contribution in [0.5, 0.6) is 5.75 Å². The molecule has 0 spiro atoms. The molecule has 150 valence electrons. The molecular formula is C24H20BrN3O2. The SMILES string of the molecule is Cc1cccc(COc2ccccc2C=Nn2c(C)nc3ccc(Br)cc3c2=O)c1. The molecule has 0 saturated heterocycles. The fourth-order valence-electron chi connectivity index (χ4n) is 3.20. The van der Waals surface area contributed by atoms with Gasteiger partial charge in [-0.1, -0.05) is 57.9 Å². The minimum Gasteiger partial charge on any atom is -0.488 e. The highest BCUT2D eigenvalue weighted by Crippen LogP contribution is 2.19. The summed E-state index contributed by atoms with van der Waals surface area (Å²) in [6.45, 7) is 4.28. The topological polar surface area (TPSA) is 56.5 Å². The van der Waals surface area contributed by atoms with Crippen molar-refractivity contribution in [1.29, 1.82) is 0 Å². The summed E-state index contributed by atoms with van der Waals surface area (Å²) in [5.41, 5.74) is 3.50. The van der Waals surface area contributed by atoms with Crippen LogP contribution in [0.4, 0.5) is 0 Å². The average molecular weight is 462 g/mol. The van der Waals surface area contributed by atoms with Gasteiger partial charge in [-0.25, -0.2) is 4.98 Å². The van der Waals surface area contributed by atoms with E-state index < -0.39 is 0 Å². The number of benzene rings is 3. The Kier molecular flexibility index (Phi) is 5.77. The number of ether oxygens (including phenoxy) is 1. The number of hydrogen-bond acceptors (Lipinski definition) is 4. The van der Waals surface area contributed by atoms with Gasteiger partial charge in [-0.15, -0.1) is 0 Å². The summed E-state index contributed by atoms with van der Waals surface area (Å²) < 4.78 is 8.15. The molecule has 0 amide bonds. The third kappa shape index (κ3) is 4.33. The number of halogens is 1. The summed E-state index contributed by atoms with van der Waals surface area (Å²) in [6.07, 6.45) is 1.63. The summed E-state index contributed by atoms with van der Waals surface area (Å²) in [5.74, 6) is 1.22. The fourth-order valence-corrected chi connectivity index (χ4v) is 3.56. The molecule has 30 heavy (non-hydrogen) atoms. The first-order valence-electron chi connectivity index (χ1n) is 9.52. The minimum absolute atomic E-state index is 0.215. The summed E-state index contributed by atoms with van der Waals surface area (Å²) in [5, 5.41) is 4.92. The van der Waals surface area contributed by atoms with Gasteiger partial charge in [-0.3, -0.25) is 4.79 Å². The second-order valence-electron chi connectivity index (χ2n) is 7.00. The molecule has 0 N–H and O–H groups in total. The number of aromatic nitrogens is 2. The largest absolute Gasteiger partial charge is 0.488 e. The van der Waals surface area contributed by atoms with Gasteiger partial charge in [-0.05, 0) is 49.7 Å². The zero-order valence-electron chi connectivity index (χ0n) is 16.7. The highest BCUT2D eigenvalue weighted by atomic mass is 79.9. The molecule has 0 fully saturated rings. The molecule has 1 heterocycles. The molecule has 0 bridgehead atoms. The number of fused-ring (bicyclic) bond motifs is 1. The summed E-state index contributed by atoms with van der Waals surface area (Å²) >= 11 is 3.40. The molecule has 6 heteroatoms. The van der Waals surface area contributed by atoms with Gasteiger partial charge in [0.15, 0.2) is 0 Å². The molecule has 0 atom stereocenters. The van der Waals surface area contributed by atoms with E-state index in [9.17, 15) is 4.79 Å². The lowest BCUT2D eigenvalue weighted by molar-refractivity contribution is 0.305. The lowest BCUT2D eigenvalue weighted by Gasteiger charge is -2.10. The zero-order chi connectivity index (χ0) is 21.1. The van der Waals surface area contributed by atoms with Crippen LogP contribution in [0.3, 0.4) is 0 Å². The number of rotatable bonds is 5. The average Bonchev–Trinajstić information content (AvgIpc) is 2.73. The maximum absolute atomic E-state index is 12.9. The Morgan fingerprint density at radius 3 is 2.73 bits per heavy atom.